The van der Waals surface area contributed by atoms with Crippen molar-refractivity contribution in [1.82, 2.24) is 14.9 Å². The zero-order valence-corrected chi connectivity index (χ0v) is 12.4. The first-order valence-electron chi connectivity index (χ1n) is 7.19. The van der Waals surface area contributed by atoms with Crippen LogP contribution in [0.15, 0.2) is 18.2 Å². The highest BCUT2D eigenvalue weighted by molar-refractivity contribution is 5.46. The quantitative estimate of drug-likeness (QED) is 0.931. The molecule has 0 radical (unpaired) electrons. The number of nitrogens with one attached hydrogen (secondary N) is 1. The van der Waals surface area contributed by atoms with Gasteiger partial charge < -0.3 is 14.6 Å². The van der Waals surface area contributed by atoms with E-state index in [0.29, 0.717) is 0 Å². The average molecular weight is 271 g/mol. The van der Waals surface area contributed by atoms with E-state index in [2.05, 4.69) is 35.9 Å². The Balaban J connectivity index is 2.13. The molecule has 3 rings (SSSR count). The number of imidazole rings is 1. The summed E-state index contributed by atoms with van der Waals surface area (Å²) in [4.78, 5) is 4.79. The molecule has 20 heavy (non-hydrogen) atoms. The van der Waals surface area contributed by atoms with Crippen molar-refractivity contribution in [3.05, 3.63) is 41.0 Å². The predicted molar refractivity (Wildman–Crippen MR) is 79.6 cm³/mol. The Morgan fingerprint density at radius 3 is 2.95 bits per heavy atom. The molecule has 0 bridgehead atoms. The maximum absolute atomic E-state index is 5.35. The minimum Gasteiger partial charge on any atom is -0.496 e. The maximum Gasteiger partial charge on any atom is 0.121 e. The van der Waals surface area contributed by atoms with Crippen LogP contribution in [0, 0.1) is 6.92 Å². The molecule has 4 heteroatoms. The van der Waals surface area contributed by atoms with E-state index in [1.54, 1.807) is 7.11 Å². The Morgan fingerprint density at radius 2 is 2.25 bits per heavy atom. The zero-order valence-electron chi connectivity index (χ0n) is 12.4. The minimum atomic E-state index is 0.879. The fraction of sp³-hybridized carbons (Fsp3) is 0.438. The smallest absolute Gasteiger partial charge is 0.121 e. The van der Waals surface area contributed by atoms with Gasteiger partial charge in [0.05, 0.1) is 12.8 Å². The Morgan fingerprint density at radius 1 is 1.40 bits per heavy atom. The molecule has 1 aliphatic heterocycles. The Labute approximate surface area is 119 Å². The highest BCUT2D eigenvalue weighted by Crippen LogP contribution is 2.26. The highest BCUT2D eigenvalue weighted by atomic mass is 16.5. The molecule has 0 fully saturated rings. The molecule has 106 valence electrons. The molecule has 2 heterocycles. The van der Waals surface area contributed by atoms with Gasteiger partial charge in [0.2, 0.25) is 0 Å². The van der Waals surface area contributed by atoms with Crippen LogP contribution in [-0.4, -0.2) is 23.2 Å². The van der Waals surface area contributed by atoms with E-state index in [0.717, 1.165) is 43.1 Å². The van der Waals surface area contributed by atoms with Gasteiger partial charge in [0.25, 0.3) is 0 Å². The molecule has 1 aliphatic rings. The minimum absolute atomic E-state index is 0.879. The predicted octanol–water partition coefficient (Wildman–Crippen LogP) is 2.40. The summed E-state index contributed by atoms with van der Waals surface area (Å²) in [6, 6.07) is 6.34. The summed E-state index contributed by atoms with van der Waals surface area (Å²) in [7, 11) is 1.71. The Bertz CT molecular complexity index is 631. The molecule has 0 spiro atoms. The first-order chi connectivity index (χ1) is 9.74. The monoisotopic (exact) mass is 271 g/mol. The van der Waals surface area contributed by atoms with Gasteiger partial charge in [-0.3, -0.25) is 0 Å². The number of aryl methyl sites for hydroxylation is 2. The van der Waals surface area contributed by atoms with Crippen LogP contribution in [0.3, 0.4) is 0 Å². The number of methoxy groups -OCH3 is 1. The standard InChI is InChI=1S/C16H21N3O/c1-4-16-18-13-10-17-8-7-14(13)19(16)12-5-6-15(20-3)11(2)9-12/h5-6,9,17H,4,7-8,10H2,1-3H3. The lowest BCUT2D eigenvalue weighted by atomic mass is 10.1. The number of hydrogen-bond donors (Lipinski definition) is 1. The maximum atomic E-state index is 5.35. The molecule has 2 aromatic rings. The summed E-state index contributed by atoms with van der Waals surface area (Å²) in [5, 5.41) is 3.39. The van der Waals surface area contributed by atoms with Crippen molar-refractivity contribution in [1.29, 1.82) is 0 Å². The molecule has 0 atom stereocenters. The van der Waals surface area contributed by atoms with E-state index in [1.165, 1.54) is 17.1 Å². The van der Waals surface area contributed by atoms with Crippen LogP contribution < -0.4 is 10.1 Å². The lowest BCUT2D eigenvalue weighted by molar-refractivity contribution is 0.411. The van der Waals surface area contributed by atoms with Crippen LogP contribution in [-0.2, 0) is 19.4 Å². The molecular weight excluding hydrogens is 250 g/mol. The third-order valence-electron chi connectivity index (χ3n) is 3.91. The molecule has 1 aromatic carbocycles. The van der Waals surface area contributed by atoms with Crippen molar-refractivity contribution in [3.8, 4) is 11.4 Å². The molecule has 1 N–H and O–H groups in total. The van der Waals surface area contributed by atoms with Crippen molar-refractivity contribution >= 4 is 0 Å². The normalized spacial score (nSPS) is 14.2. The van der Waals surface area contributed by atoms with Crippen molar-refractivity contribution < 1.29 is 4.74 Å². The van der Waals surface area contributed by atoms with Crippen LogP contribution in [0.5, 0.6) is 5.75 Å². The lowest BCUT2D eigenvalue weighted by Crippen LogP contribution is -2.24. The SMILES string of the molecule is CCc1nc2c(n1-c1ccc(OC)c(C)c1)CCNC2. The summed E-state index contributed by atoms with van der Waals surface area (Å²) >= 11 is 0. The molecule has 0 aliphatic carbocycles. The summed E-state index contributed by atoms with van der Waals surface area (Å²) in [5.74, 6) is 2.07. The van der Waals surface area contributed by atoms with Crippen molar-refractivity contribution in [2.75, 3.05) is 13.7 Å². The van der Waals surface area contributed by atoms with Crippen LogP contribution in [0.4, 0.5) is 0 Å². The van der Waals surface area contributed by atoms with Crippen molar-refractivity contribution in [2.45, 2.75) is 33.2 Å². The number of hydrogen-bond acceptors (Lipinski definition) is 3. The van der Waals surface area contributed by atoms with Crippen molar-refractivity contribution in [3.63, 3.8) is 0 Å². The van der Waals surface area contributed by atoms with Gasteiger partial charge in [0.1, 0.15) is 11.6 Å². The second kappa shape index (κ2) is 5.29. The van der Waals surface area contributed by atoms with Crippen molar-refractivity contribution in [2.24, 2.45) is 0 Å². The lowest BCUT2D eigenvalue weighted by Gasteiger charge is -2.17. The van der Waals surface area contributed by atoms with E-state index in [4.69, 9.17) is 9.72 Å². The average Bonchev–Trinajstić information content (AvgIpc) is 2.85. The summed E-state index contributed by atoms with van der Waals surface area (Å²) in [5.41, 5.74) is 4.89. The summed E-state index contributed by atoms with van der Waals surface area (Å²) < 4.78 is 7.67. The van der Waals surface area contributed by atoms with Crippen LogP contribution in [0.25, 0.3) is 5.69 Å². The summed E-state index contributed by atoms with van der Waals surface area (Å²) in [6.07, 6.45) is 1.98. The van der Waals surface area contributed by atoms with E-state index < -0.39 is 0 Å². The first kappa shape index (κ1) is 13.2. The molecule has 0 saturated carbocycles. The largest absolute Gasteiger partial charge is 0.496 e. The topological polar surface area (TPSA) is 39.1 Å². The number of ether oxygens (including phenoxy) is 1. The first-order valence-corrected chi connectivity index (χ1v) is 7.19. The Kier molecular flexibility index (Phi) is 3.49. The van der Waals surface area contributed by atoms with Crippen LogP contribution in [0.1, 0.15) is 29.7 Å². The van der Waals surface area contributed by atoms with Crippen LogP contribution >= 0.6 is 0 Å². The van der Waals surface area contributed by atoms with E-state index >= 15 is 0 Å². The Hall–Kier alpha value is -1.81. The van der Waals surface area contributed by atoms with Gasteiger partial charge in [-0.25, -0.2) is 4.98 Å². The fourth-order valence-electron chi connectivity index (χ4n) is 2.91. The number of rotatable bonds is 3. The number of aromatic nitrogens is 2. The van der Waals surface area contributed by atoms with Gasteiger partial charge >= 0.3 is 0 Å². The van der Waals surface area contributed by atoms with E-state index in [9.17, 15) is 0 Å². The summed E-state index contributed by atoms with van der Waals surface area (Å²) in [6.45, 7) is 6.15. The third kappa shape index (κ3) is 2.10. The van der Waals surface area contributed by atoms with Gasteiger partial charge in [-0.15, -0.1) is 0 Å². The molecule has 4 nitrogen and oxygen atoms in total. The third-order valence-corrected chi connectivity index (χ3v) is 3.91. The molecule has 1 aromatic heterocycles. The van der Waals surface area contributed by atoms with Gasteiger partial charge in [0, 0.05) is 37.3 Å². The van der Waals surface area contributed by atoms with Gasteiger partial charge in [-0.05, 0) is 30.7 Å². The van der Waals surface area contributed by atoms with Crippen LogP contribution in [0.2, 0.25) is 0 Å². The fourth-order valence-corrected chi connectivity index (χ4v) is 2.91. The van der Waals surface area contributed by atoms with E-state index in [1.807, 2.05) is 6.07 Å². The zero-order chi connectivity index (χ0) is 14.1. The number of fused-ring (bicyclic) bond motifs is 1. The number of benzene rings is 1. The highest BCUT2D eigenvalue weighted by Gasteiger charge is 2.20. The van der Waals surface area contributed by atoms with E-state index in [-0.39, 0.29) is 0 Å². The van der Waals surface area contributed by atoms with Gasteiger partial charge in [0.15, 0.2) is 0 Å². The number of nitrogens with zero attached hydrogens (tertiary/aromatic N) is 2. The molecule has 0 saturated heterocycles. The van der Waals surface area contributed by atoms with Gasteiger partial charge in [-0.1, -0.05) is 6.92 Å². The molecular formula is C16H21N3O. The van der Waals surface area contributed by atoms with Gasteiger partial charge in [-0.2, -0.15) is 0 Å². The second-order valence-electron chi connectivity index (χ2n) is 5.19. The second-order valence-corrected chi connectivity index (χ2v) is 5.19. The molecule has 0 amide bonds. The molecule has 0 unspecified atom stereocenters.